The largest absolute Gasteiger partial charge is 0.383 e. The number of carbonyl (C=O) groups excluding carboxylic acids is 1. The molecule has 0 aliphatic heterocycles. The van der Waals surface area contributed by atoms with Gasteiger partial charge in [-0.15, -0.1) is 0 Å². The number of amides is 1. The van der Waals surface area contributed by atoms with E-state index >= 15 is 0 Å². The van der Waals surface area contributed by atoms with Crippen LogP contribution in [0.2, 0.25) is 5.02 Å². The summed E-state index contributed by atoms with van der Waals surface area (Å²) in [6.45, 7) is 6.87. The van der Waals surface area contributed by atoms with Gasteiger partial charge in [-0.25, -0.2) is 9.97 Å². The lowest BCUT2D eigenvalue weighted by atomic mass is 10.1. The number of nitrogens with two attached hydrogens (primary N) is 1. The predicted molar refractivity (Wildman–Crippen MR) is 144 cm³/mol. The van der Waals surface area contributed by atoms with Gasteiger partial charge in [0.15, 0.2) is 0 Å². The molecule has 0 aliphatic rings. The maximum absolute atomic E-state index is 13.2. The molecule has 0 saturated heterocycles. The van der Waals surface area contributed by atoms with Crippen molar-refractivity contribution in [3.05, 3.63) is 100 Å². The first-order chi connectivity index (χ1) is 17.0. The molecule has 5 rings (SSSR count). The highest BCUT2D eigenvalue weighted by Gasteiger charge is 2.17. The van der Waals surface area contributed by atoms with E-state index in [4.69, 9.17) is 17.3 Å². The van der Waals surface area contributed by atoms with Crippen LogP contribution < -0.4 is 11.1 Å². The number of nitrogens with zero attached hydrogens (tertiary/aromatic N) is 3. The number of para-hydroxylation sites is 1. The molecule has 178 valence electrons. The fraction of sp³-hybridized carbons (Fsp3) is 0.179. The molecule has 3 aromatic carbocycles. The van der Waals surface area contributed by atoms with E-state index in [9.17, 15) is 4.79 Å². The number of halogens is 1. The van der Waals surface area contributed by atoms with Gasteiger partial charge < -0.3 is 15.6 Å². The van der Waals surface area contributed by atoms with Crippen molar-refractivity contribution in [3.8, 4) is 0 Å². The van der Waals surface area contributed by atoms with E-state index < -0.39 is 0 Å². The fourth-order valence-electron chi connectivity index (χ4n) is 4.03. The standard InChI is InChI=1S/C26H22ClN5O.C2H6/c1-16-6-8-19(21(27)10-16)14-32-23-5-3-2-4-18(23)12-24(32)26(33)29-13-17-7-9-20-22(11-17)30-15-31-25(20)28;1-2/h2-12,15H,13-14H2,1H3,(H,29,33)(H2,28,30,31);1-2H3. The van der Waals surface area contributed by atoms with Crippen molar-refractivity contribution in [2.24, 2.45) is 0 Å². The van der Waals surface area contributed by atoms with Gasteiger partial charge in [0.25, 0.3) is 5.91 Å². The van der Waals surface area contributed by atoms with Crippen LogP contribution in [0.5, 0.6) is 0 Å². The minimum atomic E-state index is -0.156. The first-order valence-electron chi connectivity index (χ1n) is 11.6. The van der Waals surface area contributed by atoms with Crippen molar-refractivity contribution in [2.75, 3.05) is 5.73 Å². The molecule has 35 heavy (non-hydrogen) atoms. The molecule has 0 radical (unpaired) electrons. The predicted octanol–water partition coefficient (Wildman–Crippen LogP) is 6.13. The quantitative estimate of drug-likeness (QED) is 0.313. The molecule has 0 unspecified atom stereocenters. The summed E-state index contributed by atoms with van der Waals surface area (Å²) < 4.78 is 2.01. The molecule has 0 spiro atoms. The Kier molecular flexibility index (Phi) is 7.32. The number of benzene rings is 3. The van der Waals surface area contributed by atoms with Crippen molar-refractivity contribution in [3.63, 3.8) is 0 Å². The van der Waals surface area contributed by atoms with E-state index in [2.05, 4.69) is 15.3 Å². The van der Waals surface area contributed by atoms with Crippen molar-refractivity contribution in [2.45, 2.75) is 33.9 Å². The highest BCUT2D eigenvalue weighted by atomic mass is 35.5. The lowest BCUT2D eigenvalue weighted by molar-refractivity contribution is 0.0942. The van der Waals surface area contributed by atoms with Gasteiger partial charge in [-0.1, -0.05) is 61.8 Å². The number of hydrogen-bond acceptors (Lipinski definition) is 4. The molecule has 5 aromatic rings. The van der Waals surface area contributed by atoms with Gasteiger partial charge in [0.05, 0.1) is 5.52 Å². The summed E-state index contributed by atoms with van der Waals surface area (Å²) in [6.07, 6.45) is 1.44. The van der Waals surface area contributed by atoms with E-state index in [1.54, 1.807) is 0 Å². The van der Waals surface area contributed by atoms with E-state index in [1.165, 1.54) is 6.33 Å². The van der Waals surface area contributed by atoms with E-state index in [0.717, 1.165) is 38.5 Å². The van der Waals surface area contributed by atoms with Gasteiger partial charge >= 0.3 is 0 Å². The Hall–Kier alpha value is -3.90. The highest BCUT2D eigenvalue weighted by molar-refractivity contribution is 6.31. The van der Waals surface area contributed by atoms with Gasteiger partial charge in [-0.3, -0.25) is 4.79 Å². The molecule has 1 amide bonds. The molecule has 2 aromatic heterocycles. The molecule has 3 N–H and O–H groups in total. The van der Waals surface area contributed by atoms with Gasteiger partial charge in [-0.2, -0.15) is 0 Å². The summed E-state index contributed by atoms with van der Waals surface area (Å²) in [5.41, 5.74) is 11.2. The summed E-state index contributed by atoms with van der Waals surface area (Å²) >= 11 is 6.50. The van der Waals surface area contributed by atoms with Crippen LogP contribution in [0.3, 0.4) is 0 Å². The average molecular weight is 486 g/mol. The second-order valence-corrected chi connectivity index (χ2v) is 8.47. The Balaban J connectivity index is 0.00000141. The summed E-state index contributed by atoms with van der Waals surface area (Å²) in [5, 5.41) is 5.53. The number of anilines is 1. The molecule has 6 nitrogen and oxygen atoms in total. The molecule has 0 atom stereocenters. The Morgan fingerprint density at radius 2 is 1.83 bits per heavy atom. The normalized spacial score (nSPS) is 10.7. The zero-order valence-electron chi connectivity index (χ0n) is 20.0. The number of nitrogen functional groups attached to an aromatic ring is 1. The topological polar surface area (TPSA) is 85.8 Å². The Morgan fingerprint density at radius 1 is 1.03 bits per heavy atom. The number of aromatic nitrogens is 3. The molecule has 0 bridgehead atoms. The van der Waals surface area contributed by atoms with Crippen molar-refractivity contribution in [1.82, 2.24) is 19.9 Å². The second-order valence-electron chi connectivity index (χ2n) is 8.06. The minimum Gasteiger partial charge on any atom is -0.383 e. The van der Waals surface area contributed by atoms with E-state index in [1.807, 2.05) is 92.1 Å². The molecule has 7 heteroatoms. The third-order valence-corrected chi connectivity index (χ3v) is 6.12. The molecule has 2 heterocycles. The van der Waals surface area contributed by atoms with E-state index in [-0.39, 0.29) is 5.91 Å². The van der Waals surface area contributed by atoms with Crippen LogP contribution >= 0.6 is 11.6 Å². The van der Waals surface area contributed by atoms with Crippen LogP contribution in [0, 0.1) is 6.92 Å². The summed E-state index contributed by atoms with van der Waals surface area (Å²) in [4.78, 5) is 21.5. The van der Waals surface area contributed by atoms with Crippen molar-refractivity contribution < 1.29 is 4.79 Å². The number of fused-ring (bicyclic) bond motifs is 2. The van der Waals surface area contributed by atoms with Gasteiger partial charge in [0, 0.05) is 34.4 Å². The average Bonchev–Trinajstić information content (AvgIpc) is 3.24. The van der Waals surface area contributed by atoms with Crippen LogP contribution in [0.15, 0.2) is 73.1 Å². The smallest absolute Gasteiger partial charge is 0.268 e. The first kappa shape index (κ1) is 24.2. The van der Waals surface area contributed by atoms with Crippen molar-refractivity contribution >= 4 is 45.1 Å². The van der Waals surface area contributed by atoms with Crippen LogP contribution in [0.25, 0.3) is 21.8 Å². The molecular weight excluding hydrogens is 458 g/mol. The van der Waals surface area contributed by atoms with Crippen LogP contribution in [0.4, 0.5) is 5.82 Å². The molecule has 0 aliphatic carbocycles. The zero-order chi connectivity index (χ0) is 24.9. The molecule has 0 fully saturated rings. The lowest BCUT2D eigenvalue weighted by Gasteiger charge is -2.13. The minimum absolute atomic E-state index is 0.156. The first-order valence-corrected chi connectivity index (χ1v) is 12.0. The Labute approximate surface area is 209 Å². The number of carbonyl (C=O) groups is 1. The van der Waals surface area contributed by atoms with Crippen molar-refractivity contribution in [1.29, 1.82) is 0 Å². The summed E-state index contributed by atoms with van der Waals surface area (Å²) in [5.74, 6) is 0.284. The monoisotopic (exact) mass is 485 g/mol. The highest BCUT2D eigenvalue weighted by Crippen LogP contribution is 2.25. The van der Waals surface area contributed by atoms with Gasteiger partial charge in [0.2, 0.25) is 0 Å². The molecule has 0 saturated carbocycles. The SMILES string of the molecule is CC.Cc1ccc(Cn2c(C(=O)NCc3ccc4c(N)ncnc4c3)cc3ccccc32)c(Cl)c1. The van der Waals surface area contributed by atoms with E-state index in [0.29, 0.717) is 29.6 Å². The second kappa shape index (κ2) is 10.6. The number of nitrogens with one attached hydrogen (secondary N) is 1. The van der Waals surface area contributed by atoms with Gasteiger partial charge in [0.1, 0.15) is 17.8 Å². The van der Waals surface area contributed by atoms with Gasteiger partial charge in [-0.05, 0) is 53.9 Å². The molecular formula is C28H28ClN5O. The Bertz CT molecular complexity index is 1510. The number of hydrogen-bond donors (Lipinski definition) is 2. The maximum Gasteiger partial charge on any atom is 0.268 e. The van der Waals surface area contributed by atoms with Crippen LogP contribution in [-0.2, 0) is 13.1 Å². The third-order valence-electron chi connectivity index (χ3n) is 5.77. The summed E-state index contributed by atoms with van der Waals surface area (Å²) in [6, 6.07) is 21.6. The van der Waals surface area contributed by atoms with Crippen LogP contribution in [0.1, 0.15) is 41.0 Å². The lowest BCUT2D eigenvalue weighted by Crippen LogP contribution is -2.25. The summed E-state index contributed by atoms with van der Waals surface area (Å²) in [7, 11) is 0. The Morgan fingerprint density at radius 3 is 2.63 bits per heavy atom. The fourth-order valence-corrected chi connectivity index (χ4v) is 4.32. The third kappa shape index (κ3) is 5.12. The number of aryl methyl sites for hydroxylation is 1. The maximum atomic E-state index is 13.2. The zero-order valence-corrected chi connectivity index (χ0v) is 20.8. The number of rotatable bonds is 5. The van der Waals surface area contributed by atoms with Crippen LogP contribution in [-0.4, -0.2) is 20.4 Å².